The maximum absolute atomic E-state index is 13.6. The molecule has 0 heterocycles. The highest BCUT2D eigenvalue weighted by Gasteiger charge is 2.18. The number of anilines is 1. The molecule has 2 rings (SSSR count). The minimum absolute atomic E-state index is 0.0180. The highest BCUT2D eigenvalue weighted by atomic mass is 32.2. The summed E-state index contributed by atoms with van der Waals surface area (Å²) in [7, 11) is -4.09. The van der Waals surface area contributed by atoms with Crippen LogP contribution in [0, 0.1) is 5.82 Å². The van der Waals surface area contributed by atoms with Crippen molar-refractivity contribution in [3.05, 3.63) is 59.9 Å². The van der Waals surface area contributed by atoms with Crippen LogP contribution >= 0.6 is 0 Å². The Morgan fingerprint density at radius 2 is 1.68 bits per heavy atom. The lowest BCUT2D eigenvalue weighted by molar-refractivity contribution is -0.136. The van der Waals surface area contributed by atoms with Gasteiger partial charge < -0.3 is 10.4 Å². The molecule has 0 aliphatic heterocycles. The highest BCUT2D eigenvalue weighted by molar-refractivity contribution is 7.92. The van der Waals surface area contributed by atoms with Gasteiger partial charge in [-0.3, -0.25) is 14.3 Å². The number of hydrogen-bond acceptors (Lipinski definition) is 4. The van der Waals surface area contributed by atoms with Gasteiger partial charge in [-0.25, -0.2) is 12.8 Å². The van der Waals surface area contributed by atoms with Crippen molar-refractivity contribution in [2.24, 2.45) is 0 Å². The number of aliphatic carboxylic acids is 1. The van der Waals surface area contributed by atoms with E-state index < -0.39 is 32.6 Å². The first kappa shape index (κ1) is 18.4. The van der Waals surface area contributed by atoms with Crippen LogP contribution in [0.5, 0.6) is 0 Å². The lowest BCUT2D eigenvalue weighted by atomic mass is 10.2. The normalized spacial score (nSPS) is 10.9. The molecule has 0 aliphatic carbocycles. The van der Waals surface area contributed by atoms with E-state index in [1.165, 1.54) is 36.4 Å². The van der Waals surface area contributed by atoms with Gasteiger partial charge in [0, 0.05) is 17.8 Å². The standard InChI is InChI=1S/C16H15FN2O5S/c17-13-3-1-2-4-14(13)25(23,24)19-12-7-5-11(6-8-12)16(22)18-10-9-15(20)21/h1-8,19H,9-10H2,(H,18,22)(H,20,21). The van der Waals surface area contributed by atoms with Crippen LogP contribution in [0.2, 0.25) is 0 Å². The second kappa shape index (κ2) is 7.75. The Morgan fingerprint density at radius 3 is 2.28 bits per heavy atom. The van der Waals surface area contributed by atoms with Crippen LogP contribution in [0.4, 0.5) is 10.1 Å². The number of benzene rings is 2. The fourth-order valence-corrected chi connectivity index (χ4v) is 3.09. The van der Waals surface area contributed by atoms with Crippen molar-refractivity contribution in [2.45, 2.75) is 11.3 Å². The van der Waals surface area contributed by atoms with Crippen molar-refractivity contribution in [3.8, 4) is 0 Å². The summed E-state index contributed by atoms with van der Waals surface area (Å²) >= 11 is 0. The molecular formula is C16H15FN2O5S. The van der Waals surface area contributed by atoms with E-state index in [4.69, 9.17) is 5.11 Å². The van der Waals surface area contributed by atoms with Crippen LogP contribution in [0.25, 0.3) is 0 Å². The van der Waals surface area contributed by atoms with E-state index in [0.29, 0.717) is 0 Å². The van der Waals surface area contributed by atoms with Crippen molar-refractivity contribution < 1.29 is 27.5 Å². The Hall–Kier alpha value is -2.94. The fraction of sp³-hybridized carbons (Fsp3) is 0.125. The van der Waals surface area contributed by atoms with Gasteiger partial charge >= 0.3 is 5.97 Å². The molecule has 0 atom stereocenters. The summed E-state index contributed by atoms with van der Waals surface area (Å²) < 4.78 is 40.2. The van der Waals surface area contributed by atoms with Crippen LogP contribution in [0.3, 0.4) is 0 Å². The summed E-state index contributed by atoms with van der Waals surface area (Å²) in [5.74, 6) is -2.38. The molecule has 1 amide bonds. The molecule has 7 nitrogen and oxygen atoms in total. The van der Waals surface area contributed by atoms with Gasteiger partial charge in [0.15, 0.2) is 0 Å². The van der Waals surface area contributed by atoms with E-state index in [2.05, 4.69) is 10.0 Å². The predicted molar refractivity (Wildman–Crippen MR) is 88.2 cm³/mol. The number of carbonyl (C=O) groups excluding carboxylic acids is 1. The van der Waals surface area contributed by atoms with Gasteiger partial charge in [0.05, 0.1) is 6.42 Å². The molecule has 0 aromatic heterocycles. The molecule has 2 aromatic rings. The minimum Gasteiger partial charge on any atom is -0.481 e. The molecule has 0 aliphatic rings. The van der Waals surface area contributed by atoms with Crippen LogP contribution in [-0.2, 0) is 14.8 Å². The van der Waals surface area contributed by atoms with E-state index in [1.54, 1.807) is 0 Å². The van der Waals surface area contributed by atoms with Gasteiger partial charge in [0.2, 0.25) is 0 Å². The summed E-state index contributed by atoms with van der Waals surface area (Å²) in [5, 5.41) is 10.9. The SMILES string of the molecule is O=C(O)CCNC(=O)c1ccc(NS(=O)(=O)c2ccccc2F)cc1. The fourth-order valence-electron chi connectivity index (χ4n) is 1.95. The molecule has 2 aromatic carbocycles. The number of sulfonamides is 1. The summed E-state index contributed by atoms with van der Waals surface area (Å²) in [6.07, 6.45) is -0.202. The van der Waals surface area contributed by atoms with Crippen molar-refractivity contribution in [1.82, 2.24) is 5.32 Å². The summed E-state index contributed by atoms with van der Waals surface area (Å²) in [6, 6.07) is 10.4. The molecule has 9 heteroatoms. The summed E-state index contributed by atoms with van der Waals surface area (Å²) in [5.41, 5.74) is 0.393. The monoisotopic (exact) mass is 366 g/mol. The molecule has 0 bridgehead atoms. The quantitative estimate of drug-likeness (QED) is 0.692. The topological polar surface area (TPSA) is 113 Å². The van der Waals surface area contributed by atoms with E-state index in [-0.39, 0.29) is 24.2 Å². The zero-order chi connectivity index (χ0) is 18.4. The Kier molecular flexibility index (Phi) is 5.71. The number of carboxylic acids is 1. The zero-order valence-corrected chi connectivity index (χ0v) is 13.7. The minimum atomic E-state index is -4.09. The van der Waals surface area contributed by atoms with Gasteiger partial charge in [-0.2, -0.15) is 0 Å². The number of carbonyl (C=O) groups is 2. The lowest BCUT2D eigenvalue weighted by Gasteiger charge is -2.09. The second-order valence-corrected chi connectivity index (χ2v) is 6.66. The molecule has 132 valence electrons. The van der Waals surface area contributed by atoms with Crippen LogP contribution in [0.15, 0.2) is 53.4 Å². The third-order valence-electron chi connectivity index (χ3n) is 3.15. The first-order valence-electron chi connectivity index (χ1n) is 7.17. The van der Waals surface area contributed by atoms with E-state index in [9.17, 15) is 22.4 Å². The molecule has 3 N–H and O–H groups in total. The third-order valence-corrected chi connectivity index (χ3v) is 4.56. The molecule has 0 saturated heterocycles. The van der Waals surface area contributed by atoms with E-state index in [1.807, 2.05) is 0 Å². The average Bonchev–Trinajstić information content (AvgIpc) is 2.55. The zero-order valence-electron chi connectivity index (χ0n) is 12.9. The first-order valence-corrected chi connectivity index (χ1v) is 8.65. The maximum atomic E-state index is 13.6. The largest absolute Gasteiger partial charge is 0.481 e. The van der Waals surface area contributed by atoms with Gasteiger partial charge in [-0.15, -0.1) is 0 Å². The molecule has 25 heavy (non-hydrogen) atoms. The molecule has 0 radical (unpaired) electrons. The summed E-state index contributed by atoms with van der Waals surface area (Å²) in [4.78, 5) is 21.7. The number of amides is 1. The number of hydrogen-bond donors (Lipinski definition) is 3. The second-order valence-electron chi connectivity index (χ2n) is 5.01. The Morgan fingerprint density at radius 1 is 1.04 bits per heavy atom. The number of halogens is 1. The average molecular weight is 366 g/mol. The van der Waals surface area contributed by atoms with Gasteiger partial charge in [-0.1, -0.05) is 12.1 Å². The molecule has 0 unspecified atom stereocenters. The Labute approximate surface area is 143 Å². The predicted octanol–water partition coefficient (Wildman–Crippen LogP) is 1.83. The van der Waals surface area contributed by atoms with Crippen molar-refractivity contribution in [3.63, 3.8) is 0 Å². The number of rotatable bonds is 7. The van der Waals surface area contributed by atoms with Crippen molar-refractivity contribution >= 4 is 27.6 Å². The smallest absolute Gasteiger partial charge is 0.305 e. The van der Waals surface area contributed by atoms with Gasteiger partial charge in [-0.05, 0) is 36.4 Å². The van der Waals surface area contributed by atoms with Crippen molar-refractivity contribution in [1.29, 1.82) is 0 Å². The number of nitrogens with one attached hydrogen (secondary N) is 2. The maximum Gasteiger partial charge on any atom is 0.305 e. The van der Waals surface area contributed by atoms with Gasteiger partial charge in [0.1, 0.15) is 10.7 Å². The molecular weight excluding hydrogens is 351 g/mol. The van der Waals surface area contributed by atoms with Gasteiger partial charge in [0.25, 0.3) is 15.9 Å². The Balaban J connectivity index is 2.06. The van der Waals surface area contributed by atoms with E-state index in [0.717, 1.165) is 12.1 Å². The first-order chi connectivity index (χ1) is 11.8. The molecule has 0 fully saturated rings. The summed E-state index contributed by atoms with van der Waals surface area (Å²) in [6.45, 7) is -0.0180. The number of carboxylic acid groups (broad SMARTS) is 1. The van der Waals surface area contributed by atoms with Crippen LogP contribution < -0.4 is 10.0 Å². The molecule has 0 saturated carbocycles. The lowest BCUT2D eigenvalue weighted by Crippen LogP contribution is -2.25. The van der Waals surface area contributed by atoms with E-state index >= 15 is 0 Å². The third kappa shape index (κ3) is 5.01. The molecule has 0 spiro atoms. The highest BCUT2D eigenvalue weighted by Crippen LogP contribution is 2.19. The van der Waals surface area contributed by atoms with Crippen LogP contribution in [0.1, 0.15) is 16.8 Å². The Bertz CT molecular complexity index is 882. The van der Waals surface area contributed by atoms with Crippen LogP contribution in [-0.4, -0.2) is 31.9 Å². The van der Waals surface area contributed by atoms with Crippen molar-refractivity contribution in [2.75, 3.05) is 11.3 Å².